The van der Waals surface area contributed by atoms with Crippen LogP contribution in [0.1, 0.15) is 124 Å². The van der Waals surface area contributed by atoms with Gasteiger partial charge < -0.3 is 0 Å². The van der Waals surface area contributed by atoms with Crippen molar-refractivity contribution in [3.05, 3.63) is 21.1 Å². The standard InChI is InChI=1S/C30H46N2O2S3Si2/c1-13(2)38(14(3)4,15(5)6)29-31-21-23(33)19-20-24(34)22-28(26(20)35-25(19)27(21)36-29)37-30(32-22)39(16(7)8,17(9)10)18(11)12/h13-20,25-26H,1-12H3. The van der Waals surface area contributed by atoms with E-state index in [4.69, 9.17) is 9.97 Å². The zero-order chi connectivity index (χ0) is 28.9. The Morgan fingerprint density at radius 2 is 0.821 bits per heavy atom. The Balaban J connectivity index is 1.55. The number of hydrogen-bond acceptors (Lipinski definition) is 7. The molecular formula is C30H46N2O2S3Si2. The Hall–Kier alpha value is -0.616. The first-order valence-corrected chi connectivity index (χ1v) is 21.9. The van der Waals surface area contributed by atoms with Crippen molar-refractivity contribution in [2.45, 2.75) is 127 Å². The van der Waals surface area contributed by atoms with Crippen molar-refractivity contribution in [1.29, 1.82) is 0 Å². The molecule has 0 saturated carbocycles. The van der Waals surface area contributed by atoms with E-state index in [-0.39, 0.29) is 33.9 Å². The highest BCUT2D eigenvalue weighted by atomic mass is 32.2. The number of aromatic nitrogens is 2. The maximum atomic E-state index is 14.0. The second-order valence-corrected chi connectivity index (χ2v) is 29.7. The van der Waals surface area contributed by atoms with Crippen LogP contribution in [0.5, 0.6) is 0 Å². The predicted molar refractivity (Wildman–Crippen MR) is 174 cm³/mol. The molecule has 2 aromatic heterocycles. The number of carbonyl (C=O) groups excluding carboxylic acids is 2. The number of hydrogen-bond donors (Lipinski definition) is 0. The summed E-state index contributed by atoms with van der Waals surface area (Å²) in [6.07, 6.45) is 0. The summed E-state index contributed by atoms with van der Waals surface area (Å²) in [6, 6.07) is 0. The van der Waals surface area contributed by atoms with Crippen LogP contribution in [-0.2, 0) is 0 Å². The average molecular weight is 619 g/mol. The van der Waals surface area contributed by atoms with Gasteiger partial charge in [0, 0.05) is 9.75 Å². The molecular weight excluding hydrogens is 573 g/mol. The quantitative estimate of drug-likeness (QED) is 0.278. The van der Waals surface area contributed by atoms with Gasteiger partial charge in [0.1, 0.15) is 27.5 Å². The minimum atomic E-state index is -1.94. The van der Waals surface area contributed by atoms with Gasteiger partial charge in [0.25, 0.3) is 0 Å². The number of ketones is 2. The van der Waals surface area contributed by atoms with Gasteiger partial charge in [0.05, 0.1) is 31.6 Å². The molecule has 1 fully saturated rings. The van der Waals surface area contributed by atoms with E-state index >= 15 is 0 Å². The highest BCUT2D eigenvalue weighted by Crippen LogP contribution is 2.68. The van der Waals surface area contributed by atoms with Crippen LogP contribution in [-0.4, -0.2) is 37.7 Å². The molecule has 3 heterocycles. The second kappa shape index (κ2) is 9.99. The molecule has 5 rings (SSSR count). The molecule has 1 aliphatic heterocycles. The monoisotopic (exact) mass is 618 g/mol. The molecule has 214 valence electrons. The Labute approximate surface area is 249 Å². The zero-order valence-electron chi connectivity index (χ0n) is 25.7. The summed E-state index contributed by atoms with van der Waals surface area (Å²) >= 11 is 5.53. The minimum absolute atomic E-state index is 0.0666. The molecule has 0 amide bonds. The van der Waals surface area contributed by atoms with E-state index in [2.05, 4.69) is 83.1 Å². The number of thiazole rings is 2. The average Bonchev–Trinajstić information content (AvgIpc) is 3.57. The molecule has 9 heteroatoms. The molecule has 4 atom stereocenters. The fraction of sp³-hybridized carbons (Fsp3) is 0.733. The first kappa shape index (κ1) is 29.9. The molecule has 2 aliphatic carbocycles. The van der Waals surface area contributed by atoms with E-state index in [1.54, 1.807) is 0 Å². The predicted octanol–water partition coefficient (Wildman–Crippen LogP) is 8.53. The molecule has 1 saturated heterocycles. The number of Topliss-reactive ketones (excluding diaryl/α,β-unsaturated/α-hetero) is 2. The van der Waals surface area contributed by atoms with Gasteiger partial charge in [0.2, 0.25) is 0 Å². The molecule has 39 heavy (non-hydrogen) atoms. The minimum Gasteiger partial charge on any atom is -0.292 e. The number of fused-ring (bicyclic) bond motifs is 7. The zero-order valence-corrected chi connectivity index (χ0v) is 30.2. The van der Waals surface area contributed by atoms with Gasteiger partial charge in [-0.15, -0.1) is 34.4 Å². The first-order chi connectivity index (χ1) is 18.1. The summed E-state index contributed by atoms with van der Waals surface area (Å²) in [5, 5.41) is 0.133. The summed E-state index contributed by atoms with van der Waals surface area (Å²) in [4.78, 5) is 40.6. The summed E-state index contributed by atoms with van der Waals surface area (Å²) in [6.45, 7) is 28.3. The summed E-state index contributed by atoms with van der Waals surface area (Å²) in [5.74, 6) is -0.294. The lowest BCUT2D eigenvalue weighted by atomic mass is 9.87. The lowest BCUT2D eigenvalue weighted by molar-refractivity contribution is 0.0799. The van der Waals surface area contributed by atoms with Crippen LogP contribution in [0.2, 0.25) is 33.2 Å². The summed E-state index contributed by atoms with van der Waals surface area (Å²) in [5.41, 5.74) is 4.70. The molecule has 4 unspecified atom stereocenters. The normalized spacial score (nSPS) is 24.8. The van der Waals surface area contributed by atoms with Crippen LogP contribution < -0.4 is 9.26 Å². The van der Waals surface area contributed by atoms with Crippen molar-refractivity contribution in [1.82, 2.24) is 9.97 Å². The van der Waals surface area contributed by atoms with Crippen LogP contribution in [0, 0.1) is 11.8 Å². The lowest BCUT2D eigenvalue weighted by Crippen LogP contribution is -2.55. The summed E-state index contributed by atoms with van der Waals surface area (Å²) in [7, 11) is -3.89. The molecule has 3 aliphatic rings. The molecule has 2 aromatic rings. The van der Waals surface area contributed by atoms with Crippen LogP contribution in [0.3, 0.4) is 0 Å². The van der Waals surface area contributed by atoms with E-state index in [9.17, 15) is 9.59 Å². The number of thioether (sulfide) groups is 1. The van der Waals surface area contributed by atoms with Crippen molar-refractivity contribution >= 4 is 71.4 Å². The SMILES string of the molecule is CC(C)[Si](c1nc2c(s1)C1SC3c4sc([Si](C(C)C)(C(C)C)C(C)C)nc4C(=O)C3C1C2=O)(C(C)C)C(C)C. The topological polar surface area (TPSA) is 59.9 Å². The van der Waals surface area contributed by atoms with E-state index in [1.165, 1.54) is 9.26 Å². The largest absolute Gasteiger partial charge is 0.292 e. The molecule has 0 spiro atoms. The number of rotatable bonds is 8. The third-order valence-electron chi connectivity index (χ3n) is 10.7. The van der Waals surface area contributed by atoms with Gasteiger partial charge in [-0.05, 0) is 33.2 Å². The van der Waals surface area contributed by atoms with Crippen molar-refractivity contribution in [3.63, 3.8) is 0 Å². The Kier molecular flexibility index (Phi) is 7.65. The third-order valence-corrected chi connectivity index (χ3v) is 30.5. The van der Waals surface area contributed by atoms with Gasteiger partial charge in [-0.2, -0.15) is 0 Å². The third kappa shape index (κ3) is 3.77. The van der Waals surface area contributed by atoms with Crippen molar-refractivity contribution in [2.75, 3.05) is 0 Å². The smallest absolute Gasteiger partial charge is 0.187 e. The Bertz CT molecular complexity index is 1170. The van der Waals surface area contributed by atoms with E-state index < -0.39 is 16.1 Å². The number of nitrogens with zero attached hydrogens (tertiary/aromatic N) is 2. The Morgan fingerprint density at radius 3 is 1.08 bits per heavy atom. The van der Waals surface area contributed by atoms with Crippen LogP contribution in [0.15, 0.2) is 0 Å². The van der Waals surface area contributed by atoms with Crippen molar-refractivity contribution in [3.8, 4) is 0 Å². The van der Waals surface area contributed by atoms with Gasteiger partial charge >= 0.3 is 0 Å². The van der Waals surface area contributed by atoms with Gasteiger partial charge in [-0.3, -0.25) is 9.59 Å². The number of carbonyl (C=O) groups is 2. The fourth-order valence-corrected chi connectivity index (χ4v) is 31.3. The molecule has 0 radical (unpaired) electrons. The molecule has 0 aromatic carbocycles. The van der Waals surface area contributed by atoms with Crippen molar-refractivity contribution < 1.29 is 9.59 Å². The van der Waals surface area contributed by atoms with Gasteiger partial charge in [-0.25, -0.2) is 9.97 Å². The van der Waals surface area contributed by atoms with E-state index in [1.807, 2.05) is 34.4 Å². The fourth-order valence-electron chi connectivity index (χ4n) is 9.33. The second-order valence-electron chi connectivity index (χ2n) is 14.0. The summed E-state index contributed by atoms with van der Waals surface area (Å²) < 4.78 is 2.51. The van der Waals surface area contributed by atoms with E-state index in [0.29, 0.717) is 44.6 Å². The van der Waals surface area contributed by atoms with Crippen LogP contribution in [0.25, 0.3) is 0 Å². The molecule has 4 nitrogen and oxygen atoms in total. The molecule has 0 bridgehead atoms. The maximum Gasteiger partial charge on any atom is 0.187 e. The van der Waals surface area contributed by atoms with Crippen LogP contribution in [0.4, 0.5) is 0 Å². The molecule has 0 N–H and O–H groups in total. The maximum absolute atomic E-state index is 14.0. The Morgan fingerprint density at radius 1 is 0.538 bits per heavy atom. The van der Waals surface area contributed by atoms with E-state index in [0.717, 1.165) is 9.75 Å². The lowest BCUT2D eigenvalue weighted by Gasteiger charge is -2.41. The highest BCUT2D eigenvalue weighted by Gasteiger charge is 2.63. The van der Waals surface area contributed by atoms with Crippen molar-refractivity contribution in [2.24, 2.45) is 11.8 Å². The van der Waals surface area contributed by atoms with Gasteiger partial charge in [0.15, 0.2) is 11.6 Å². The highest BCUT2D eigenvalue weighted by molar-refractivity contribution is 8.00. The first-order valence-electron chi connectivity index (χ1n) is 14.9. The van der Waals surface area contributed by atoms with Gasteiger partial charge in [-0.1, -0.05) is 83.1 Å². The van der Waals surface area contributed by atoms with Crippen LogP contribution >= 0.6 is 34.4 Å².